The normalized spacial score (nSPS) is 27.9. The molecule has 1 N–H and O–H groups in total. The first-order chi connectivity index (χ1) is 9.70. The van der Waals surface area contributed by atoms with Gasteiger partial charge in [-0.1, -0.05) is 0 Å². The predicted octanol–water partition coefficient (Wildman–Crippen LogP) is 2.57. The van der Waals surface area contributed by atoms with E-state index < -0.39 is 0 Å². The van der Waals surface area contributed by atoms with Gasteiger partial charge in [0.15, 0.2) is 0 Å². The summed E-state index contributed by atoms with van der Waals surface area (Å²) in [6.07, 6.45) is 8.42. The van der Waals surface area contributed by atoms with Crippen molar-refractivity contribution in [1.29, 1.82) is 0 Å². The molecule has 0 spiro atoms. The van der Waals surface area contributed by atoms with E-state index in [1.165, 1.54) is 71.2 Å². The summed E-state index contributed by atoms with van der Waals surface area (Å²) in [6.45, 7) is 11.2. The fourth-order valence-electron chi connectivity index (χ4n) is 3.94. The van der Waals surface area contributed by atoms with Crippen LogP contribution in [0.5, 0.6) is 0 Å². The molecular formula is C17H35N3. The van der Waals surface area contributed by atoms with Crippen LogP contribution in [-0.2, 0) is 0 Å². The Morgan fingerprint density at radius 3 is 2.40 bits per heavy atom. The number of likely N-dealkylation sites (tertiary alicyclic amines) is 2. The van der Waals surface area contributed by atoms with Crippen molar-refractivity contribution in [2.45, 2.75) is 64.5 Å². The summed E-state index contributed by atoms with van der Waals surface area (Å²) in [5.74, 6) is 0.969. The molecule has 2 saturated heterocycles. The lowest BCUT2D eigenvalue weighted by molar-refractivity contribution is 0.117. The lowest BCUT2D eigenvalue weighted by Crippen LogP contribution is -2.42. The molecule has 1 unspecified atom stereocenters. The van der Waals surface area contributed by atoms with Crippen LogP contribution in [0.25, 0.3) is 0 Å². The number of nitrogens with zero attached hydrogens (tertiary/aromatic N) is 2. The third kappa shape index (κ3) is 4.71. The Morgan fingerprint density at radius 2 is 1.75 bits per heavy atom. The molecule has 3 nitrogen and oxygen atoms in total. The van der Waals surface area contributed by atoms with Crippen molar-refractivity contribution in [2.75, 3.05) is 39.8 Å². The van der Waals surface area contributed by atoms with E-state index in [-0.39, 0.29) is 0 Å². The molecule has 0 saturated carbocycles. The van der Waals surface area contributed by atoms with Crippen LogP contribution in [0.4, 0.5) is 0 Å². The standard InChI is InChI=1S/C17H35N3/c1-15(2)19-11-4-5-17(9-14-19)20-12-7-16(8-13-20)6-10-18-3/h15-18H,4-14H2,1-3H3. The van der Waals surface area contributed by atoms with Gasteiger partial charge in [-0.3, -0.25) is 0 Å². The first kappa shape index (κ1) is 16.3. The van der Waals surface area contributed by atoms with E-state index in [1.807, 2.05) is 0 Å². The van der Waals surface area contributed by atoms with Gasteiger partial charge in [-0.25, -0.2) is 0 Å². The van der Waals surface area contributed by atoms with Crippen LogP contribution in [0.2, 0.25) is 0 Å². The molecule has 2 rings (SSSR count). The Kier molecular flexibility index (Phi) is 6.79. The van der Waals surface area contributed by atoms with Crippen LogP contribution >= 0.6 is 0 Å². The smallest absolute Gasteiger partial charge is 0.0108 e. The molecule has 118 valence electrons. The van der Waals surface area contributed by atoms with Gasteiger partial charge in [-0.05, 0) is 98.1 Å². The molecule has 0 amide bonds. The summed E-state index contributed by atoms with van der Waals surface area (Å²) in [6, 6.07) is 1.59. The number of piperidine rings is 1. The summed E-state index contributed by atoms with van der Waals surface area (Å²) < 4.78 is 0. The summed E-state index contributed by atoms with van der Waals surface area (Å²) in [7, 11) is 2.07. The Hall–Kier alpha value is -0.120. The number of nitrogens with one attached hydrogen (secondary N) is 1. The minimum atomic E-state index is 0.723. The maximum Gasteiger partial charge on any atom is 0.0108 e. The first-order valence-corrected chi connectivity index (χ1v) is 8.83. The zero-order valence-corrected chi connectivity index (χ0v) is 13.9. The van der Waals surface area contributed by atoms with Crippen molar-refractivity contribution in [1.82, 2.24) is 15.1 Å². The van der Waals surface area contributed by atoms with Gasteiger partial charge in [0.25, 0.3) is 0 Å². The van der Waals surface area contributed by atoms with Gasteiger partial charge in [0.05, 0.1) is 0 Å². The van der Waals surface area contributed by atoms with E-state index in [4.69, 9.17) is 0 Å². The maximum atomic E-state index is 3.29. The molecule has 0 aromatic heterocycles. The van der Waals surface area contributed by atoms with Crippen molar-refractivity contribution in [3.8, 4) is 0 Å². The van der Waals surface area contributed by atoms with Crippen molar-refractivity contribution < 1.29 is 0 Å². The highest BCUT2D eigenvalue weighted by molar-refractivity contribution is 4.82. The Bertz CT molecular complexity index is 259. The van der Waals surface area contributed by atoms with Crippen LogP contribution in [0.1, 0.15) is 52.4 Å². The topological polar surface area (TPSA) is 18.5 Å². The average Bonchev–Trinajstić information content (AvgIpc) is 2.71. The lowest BCUT2D eigenvalue weighted by atomic mass is 9.92. The van der Waals surface area contributed by atoms with Gasteiger partial charge in [-0.15, -0.1) is 0 Å². The van der Waals surface area contributed by atoms with Crippen molar-refractivity contribution in [3.05, 3.63) is 0 Å². The fraction of sp³-hybridized carbons (Fsp3) is 1.00. The second-order valence-corrected chi connectivity index (χ2v) is 7.09. The number of hydrogen-bond acceptors (Lipinski definition) is 3. The van der Waals surface area contributed by atoms with Gasteiger partial charge in [0.1, 0.15) is 0 Å². The molecule has 3 heteroatoms. The third-order valence-corrected chi connectivity index (χ3v) is 5.43. The molecule has 1 atom stereocenters. The molecule has 0 aromatic carbocycles. The summed E-state index contributed by atoms with van der Waals surface area (Å²) in [4.78, 5) is 5.47. The van der Waals surface area contributed by atoms with E-state index in [0.717, 1.165) is 18.0 Å². The second kappa shape index (κ2) is 8.35. The third-order valence-electron chi connectivity index (χ3n) is 5.43. The van der Waals surface area contributed by atoms with Gasteiger partial charge >= 0.3 is 0 Å². The minimum Gasteiger partial charge on any atom is -0.320 e. The Morgan fingerprint density at radius 1 is 1.00 bits per heavy atom. The van der Waals surface area contributed by atoms with E-state index in [0.29, 0.717) is 0 Å². The van der Waals surface area contributed by atoms with Crippen LogP contribution in [0, 0.1) is 5.92 Å². The molecule has 0 radical (unpaired) electrons. The van der Waals surface area contributed by atoms with Crippen molar-refractivity contribution >= 4 is 0 Å². The Labute approximate surface area is 126 Å². The summed E-state index contributed by atoms with van der Waals surface area (Å²) >= 11 is 0. The van der Waals surface area contributed by atoms with Gasteiger partial charge in [0, 0.05) is 12.1 Å². The number of rotatable bonds is 5. The molecule has 2 aliphatic rings. The van der Waals surface area contributed by atoms with E-state index in [9.17, 15) is 0 Å². The molecule has 0 aromatic rings. The minimum absolute atomic E-state index is 0.723. The van der Waals surface area contributed by atoms with Gasteiger partial charge in [-0.2, -0.15) is 0 Å². The highest BCUT2D eigenvalue weighted by Crippen LogP contribution is 2.25. The maximum absolute atomic E-state index is 3.29. The quantitative estimate of drug-likeness (QED) is 0.835. The molecule has 0 bridgehead atoms. The zero-order chi connectivity index (χ0) is 14.4. The summed E-state index contributed by atoms with van der Waals surface area (Å²) in [5.41, 5.74) is 0. The van der Waals surface area contributed by atoms with Crippen LogP contribution in [-0.4, -0.2) is 61.7 Å². The summed E-state index contributed by atoms with van der Waals surface area (Å²) in [5, 5.41) is 3.29. The first-order valence-electron chi connectivity index (χ1n) is 8.83. The highest BCUT2D eigenvalue weighted by Gasteiger charge is 2.27. The van der Waals surface area contributed by atoms with Crippen molar-refractivity contribution in [2.24, 2.45) is 5.92 Å². The second-order valence-electron chi connectivity index (χ2n) is 7.09. The van der Waals surface area contributed by atoms with Gasteiger partial charge < -0.3 is 15.1 Å². The monoisotopic (exact) mass is 281 g/mol. The largest absolute Gasteiger partial charge is 0.320 e. The molecule has 2 heterocycles. The van der Waals surface area contributed by atoms with Crippen molar-refractivity contribution in [3.63, 3.8) is 0 Å². The van der Waals surface area contributed by atoms with Crippen LogP contribution < -0.4 is 5.32 Å². The highest BCUT2D eigenvalue weighted by atomic mass is 15.2. The van der Waals surface area contributed by atoms with E-state index in [2.05, 4.69) is 36.0 Å². The van der Waals surface area contributed by atoms with Crippen LogP contribution in [0.3, 0.4) is 0 Å². The lowest BCUT2D eigenvalue weighted by Gasteiger charge is -2.37. The SMILES string of the molecule is CNCCC1CCN(C2CCCN(C(C)C)CC2)CC1. The molecule has 20 heavy (non-hydrogen) atoms. The molecule has 2 fully saturated rings. The zero-order valence-electron chi connectivity index (χ0n) is 13.9. The van der Waals surface area contributed by atoms with E-state index in [1.54, 1.807) is 0 Å². The Balaban J connectivity index is 1.73. The fourth-order valence-corrected chi connectivity index (χ4v) is 3.94. The average molecular weight is 281 g/mol. The van der Waals surface area contributed by atoms with E-state index >= 15 is 0 Å². The molecule has 0 aliphatic carbocycles. The molecule has 2 aliphatic heterocycles. The van der Waals surface area contributed by atoms with Crippen LogP contribution in [0.15, 0.2) is 0 Å². The predicted molar refractivity (Wildman–Crippen MR) is 87.2 cm³/mol. The van der Waals surface area contributed by atoms with Gasteiger partial charge in [0.2, 0.25) is 0 Å². The number of hydrogen-bond donors (Lipinski definition) is 1. The molecular weight excluding hydrogens is 246 g/mol.